The van der Waals surface area contributed by atoms with Gasteiger partial charge in [-0.25, -0.2) is 64.2 Å². The van der Waals surface area contributed by atoms with Crippen molar-refractivity contribution in [2.45, 2.75) is 62.3 Å². The van der Waals surface area contributed by atoms with E-state index in [4.69, 9.17) is 15.2 Å². The Morgan fingerprint density at radius 1 is 0.221 bits per heavy atom. The number of nitriles is 1. The summed E-state index contributed by atoms with van der Waals surface area (Å²) in [5.74, 6) is 5.54. The highest BCUT2D eigenvalue weighted by Crippen LogP contribution is 2.35. The first kappa shape index (κ1) is 93.6. The van der Waals surface area contributed by atoms with E-state index in [0.717, 1.165) is 191 Å². The fourth-order valence-electron chi connectivity index (χ4n) is 16.1. The van der Waals surface area contributed by atoms with Crippen molar-refractivity contribution in [3.63, 3.8) is 0 Å². The molecule has 0 N–H and O–H groups in total. The fourth-order valence-corrected chi connectivity index (χ4v) is 16.1. The first-order chi connectivity index (χ1) is 68.4. The van der Waals surface area contributed by atoms with E-state index < -0.39 is 0 Å². The number of rotatable bonds is 12. The van der Waals surface area contributed by atoms with Crippen LogP contribution in [-0.4, -0.2) is 68.9 Å². The van der Waals surface area contributed by atoms with Gasteiger partial charge < -0.3 is 0 Å². The van der Waals surface area contributed by atoms with Gasteiger partial charge in [-0.15, -0.1) is 0 Å². The van der Waals surface area contributed by atoms with E-state index in [0.29, 0.717) is 11.4 Å². The molecule has 0 aliphatic rings. The maximum absolute atomic E-state index is 13.0. The largest absolute Gasteiger partial charge is 0.292 e. The van der Waals surface area contributed by atoms with Gasteiger partial charge in [0.25, 0.3) is 0 Å². The molecule has 0 atom stereocenters. The van der Waals surface area contributed by atoms with Crippen molar-refractivity contribution in [2.75, 3.05) is 0 Å². The molecule has 0 radical (unpaired) electrons. The number of para-hydroxylation sites is 7. The van der Waals surface area contributed by atoms with Crippen molar-refractivity contribution in [1.82, 2.24) is 68.9 Å². The van der Waals surface area contributed by atoms with Crippen LogP contribution >= 0.6 is 0 Å². The highest BCUT2D eigenvalue weighted by Gasteiger charge is 2.19. The molecule has 16 aromatic carbocycles. The van der Waals surface area contributed by atoms with Crippen LogP contribution in [0.4, 0.5) is 4.39 Å². The van der Waals surface area contributed by atoms with Crippen molar-refractivity contribution in [3.05, 3.63) is 505 Å². The molecule has 0 saturated carbocycles. The van der Waals surface area contributed by atoms with Gasteiger partial charge in [0.1, 0.15) is 40.8 Å². The number of hydrogen-bond donors (Lipinski definition) is 0. The van der Waals surface area contributed by atoms with Gasteiger partial charge in [0.15, 0.2) is 5.82 Å². The molecule has 23 rings (SSSR count). The van der Waals surface area contributed by atoms with Gasteiger partial charge >= 0.3 is 0 Å². The van der Waals surface area contributed by atoms with Crippen LogP contribution in [0, 0.1) is 79.5 Å². The monoisotopic (exact) mass is 1820 g/mol. The smallest absolute Gasteiger partial charge is 0.160 e. The Labute approximate surface area is 815 Å². The van der Waals surface area contributed by atoms with Crippen LogP contribution in [0.2, 0.25) is 0 Å². The van der Waals surface area contributed by atoms with Crippen LogP contribution in [0.1, 0.15) is 56.8 Å². The van der Waals surface area contributed by atoms with Crippen LogP contribution in [0.15, 0.2) is 443 Å². The SMILES string of the molecule is Cc1cc(-c2ccccc2)nc(-c2ccccc2)n1.Cc1ccc(-c2cc(-c3ccc(F)cc3)nc(C)n2)cc1.Cc1ccc(-c2cc(-c3ccccc3)nc(C)n2)cc1.Cc1ccc(-c2nc3ccccc3n2-c2ccccc2)cc1.Cc1ccc(-n2c(-c3ccccc3)nc3ccccc32)cc1.Cc1nc(-c2ccc(C#N)cc2)c2ccccc2n1.Cc1nc(-c2ccccc2)c2ccccc2n1. The van der Waals surface area contributed by atoms with E-state index in [1.165, 1.54) is 34.4 Å². The van der Waals surface area contributed by atoms with Gasteiger partial charge in [-0.05, 0) is 178 Å². The lowest BCUT2D eigenvalue weighted by molar-refractivity contribution is 0.628. The van der Waals surface area contributed by atoms with Gasteiger partial charge in [0.05, 0.1) is 84.6 Å². The number of hydrogen-bond acceptors (Lipinski definition) is 13. The fraction of sp³-hybridized carbons (Fsp3) is 0.0726. The molecule has 0 saturated heterocycles. The Bertz CT molecular complexity index is 8020. The summed E-state index contributed by atoms with van der Waals surface area (Å²) in [6.45, 7) is 18.0. The molecule has 0 aliphatic heterocycles. The van der Waals surface area contributed by atoms with Crippen molar-refractivity contribution < 1.29 is 4.39 Å². The van der Waals surface area contributed by atoms with E-state index in [1.54, 1.807) is 12.1 Å². The Morgan fingerprint density at radius 3 is 0.914 bits per heavy atom. The van der Waals surface area contributed by atoms with Gasteiger partial charge in [-0.2, -0.15) is 5.26 Å². The van der Waals surface area contributed by atoms with Crippen LogP contribution in [0.3, 0.4) is 0 Å². The lowest BCUT2D eigenvalue weighted by Crippen LogP contribution is -1.97. The quantitative estimate of drug-likeness (QED) is 0.112. The van der Waals surface area contributed by atoms with Crippen molar-refractivity contribution >= 4 is 43.9 Å². The van der Waals surface area contributed by atoms with Gasteiger partial charge in [-0.1, -0.05) is 350 Å². The summed E-state index contributed by atoms with van der Waals surface area (Å²) in [5.41, 5.74) is 32.3. The summed E-state index contributed by atoms with van der Waals surface area (Å²) in [5, 5.41) is 11.0. The van der Waals surface area contributed by atoms with Crippen LogP contribution in [-0.2, 0) is 0 Å². The number of halogens is 1. The zero-order valence-electron chi connectivity index (χ0n) is 79.2. The Balaban J connectivity index is 0.000000113. The molecule has 0 unspecified atom stereocenters. The van der Waals surface area contributed by atoms with Crippen LogP contribution < -0.4 is 0 Å². The van der Waals surface area contributed by atoms with Crippen molar-refractivity contribution in [3.8, 4) is 130 Å². The molecule has 140 heavy (non-hydrogen) atoms. The van der Waals surface area contributed by atoms with E-state index >= 15 is 0 Å². The molecule has 0 fully saturated rings. The number of fused-ring (bicyclic) bond motifs is 4. The Kier molecular flexibility index (Phi) is 29.9. The second-order valence-corrected chi connectivity index (χ2v) is 33.7. The second-order valence-electron chi connectivity index (χ2n) is 33.7. The molecule has 7 aromatic heterocycles. The topological polar surface area (TPSA) is 188 Å². The maximum atomic E-state index is 13.0. The van der Waals surface area contributed by atoms with E-state index in [9.17, 15) is 4.39 Å². The normalized spacial score (nSPS) is 10.6. The Morgan fingerprint density at radius 2 is 0.507 bits per heavy atom. The molecular formula is C124H100FN15. The number of aryl methyl sites for hydroxylation is 9. The molecule has 7 heterocycles. The average molecular weight is 1820 g/mol. The molecule has 16 heteroatoms. The summed E-state index contributed by atoms with van der Waals surface area (Å²) >= 11 is 0. The number of nitrogens with zero attached hydrogens (tertiary/aromatic N) is 15. The minimum Gasteiger partial charge on any atom is -0.292 e. The van der Waals surface area contributed by atoms with Crippen molar-refractivity contribution in [1.29, 1.82) is 5.26 Å². The zero-order valence-corrected chi connectivity index (χ0v) is 79.2. The van der Waals surface area contributed by atoms with Crippen LogP contribution in [0.25, 0.3) is 168 Å². The standard InChI is InChI=1S/2C20H16N2.C18H15FN2.C18H16N2.C17H14N2.C16H11N3.C15H12N2/c1-15-11-13-16(14-12-15)20-21-18-9-5-6-10-19(18)22(20)17-7-3-2-4-8-17;1-15-11-13-17(14-12-15)22-19-10-6-5-9-18(19)21-20(22)16-7-3-2-4-8-16;1-12-3-5-14(6-4-12)17-11-18(21-13(2)20-17)15-7-9-16(19)10-8-15;1-13-8-10-16(11-9-13)18-12-17(19-14(2)20-18)15-6-4-3-5-7-15;1-13-12-16(14-8-4-2-5-9-14)19-17(18-13)15-10-6-3-7-11-15;1-11-18-15-5-3-2-4-14(15)16(19-11)13-8-6-12(10-17)7-9-13;1-11-16-14-10-6-5-9-13(14)15(17-11)12-7-3-2-4-8-12/h2*2-14H,1H3;3-11H,1-2H3;3-12H,1-2H3;2-12H,1H3;2-9H,1H3;2-10H,1H3. The van der Waals surface area contributed by atoms with Gasteiger partial charge in [-0.3, -0.25) is 9.13 Å². The van der Waals surface area contributed by atoms with Gasteiger partial charge in [0.2, 0.25) is 0 Å². The highest BCUT2D eigenvalue weighted by molar-refractivity contribution is 5.94. The molecule has 0 bridgehead atoms. The Hall–Kier alpha value is -18.2. The van der Waals surface area contributed by atoms with E-state index in [1.807, 2.05) is 253 Å². The molecule has 0 amide bonds. The average Bonchev–Trinajstić information content (AvgIpc) is 1.64. The molecule has 678 valence electrons. The summed E-state index contributed by atoms with van der Waals surface area (Å²) < 4.78 is 17.5. The lowest BCUT2D eigenvalue weighted by Gasteiger charge is -2.10. The minimum absolute atomic E-state index is 0.247. The van der Waals surface area contributed by atoms with E-state index in [-0.39, 0.29) is 5.82 Å². The second kappa shape index (κ2) is 44.8. The molecule has 23 aromatic rings. The predicted octanol–water partition coefficient (Wildman–Crippen LogP) is 30.2. The third-order valence-corrected chi connectivity index (χ3v) is 23.1. The first-order valence-corrected chi connectivity index (χ1v) is 46.3. The third-order valence-electron chi connectivity index (χ3n) is 23.1. The molecule has 0 aliphatic carbocycles. The van der Waals surface area contributed by atoms with E-state index in [2.05, 4.69) is 293 Å². The molecule has 0 spiro atoms. The first-order valence-electron chi connectivity index (χ1n) is 46.3. The van der Waals surface area contributed by atoms with Crippen molar-refractivity contribution in [2.24, 2.45) is 0 Å². The minimum atomic E-state index is -0.247. The number of aromatic nitrogens is 14. The zero-order chi connectivity index (χ0) is 96.6. The number of benzene rings is 16. The summed E-state index contributed by atoms with van der Waals surface area (Å²) in [4.78, 5) is 54.9. The number of imidazole rings is 2. The lowest BCUT2D eigenvalue weighted by atomic mass is 10.0. The maximum Gasteiger partial charge on any atom is 0.160 e. The highest BCUT2D eigenvalue weighted by atomic mass is 19.1. The summed E-state index contributed by atoms with van der Waals surface area (Å²) in [7, 11) is 0. The molecular weight excluding hydrogens is 1720 g/mol. The summed E-state index contributed by atoms with van der Waals surface area (Å²) in [6, 6.07) is 150. The molecule has 15 nitrogen and oxygen atoms in total. The summed E-state index contributed by atoms with van der Waals surface area (Å²) in [6.07, 6.45) is 0. The third kappa shape index (κ3) is 23.6. The predicted molar refractivity (Wildman–Crippen MR) is 569 cm³/mol. The van der Waals surface area contributed by atoms with Gasteiger partial charge in [0, 0.05) is 83.5 Å². The van der Waals surface area contributed by atoms with Crippen LogP contribution in [0.5, 0.6) is 0 Å².